The molecule has 0 aliphatic carbocycles. The minimum Gasteiger partial charge on any atom is -0.497 e. The number of aromatic nitrogens is 4. The van der Waals surface area contributed by atoms with Crippen molar-refractivity contribution in [1.82, 2.24) is 19.2 Å². The van der Waals surface area contributed by atoms with Gasteiger partial charge in [0.25, 0.3) is 5.56 Å². The molecule has 9 heteroatoms. The van der Waals surface area contributed by atoms with Crippen LogP contribution in [0.2, 0.25) is 0 Å². The van der Waals surface area contributed by atoms with Crippen molar-refractivity contribution >= 4 is 28.3 Å². The number of fused-ring (bicyclic) bond motifs is 1. The standard InChI is InChI=1S/C26H20N4O4S/c1-33-22-10-7-18(8-11-22)25-19(16-30(28-25)21-5-3-2-4-6-21)9-12-24(32)34-17-20-15-23(31)29-13-14-35-26(29)27-20/h2-16H,17H2,1H3. The molecule has 0 unspecified atom stereocenters. The average molecular weight is 485 g/mol. The fraction of sp³-hybridized carbons (Fsp3) is 0.0769. The molecule has 2 aromatic carbocycles. The number of nitrogens with zero attached hydrogens (tertiary/aromatic N) is 4. The normalized spacial score (nSPS) is 11.2. The van der Waals surface area contributed by atoms with Crippen molar-refractivity contribution in [3.05, 3.63) is 106 Å². The highest BCUT2D eigenvalue weighted by Crippen LogP contribution is 2.26. The summed E-state index contributed by atoms with van der Waals surface area (Å²) in [5.41, 5.74) is 3.41. The zero-order chi connectivity index (χ0) is 24.2. The summed E-state index contributed by atoms with van der Waals surface area (Å²) in [4.78, 5) is 29.4. The van der Waals surface area contributed by atoms with Gasteiger partial charge in [-0.25, -0.2) is 14.5 Å². The third kappa shape index (κ3) is 4.90. The van der Waals surface area contributed by atoms with Gasteiger partial charge in [0, 0.05) is 41.0 Å². The summed E-state index contributed by atoms with van der Waals surface area (Å²) in [7, 11) is 1.61. The van der Waals surface area contributed by atoms with Crippen molar-refractivity contribution in [3.63, 3.8) is 0 Å². The summed E-state index contributed by atoms with van der Waals surface area (Å²) >= 11 is 1.34. The third-order valence-corrected chi connectivity index (χ3v) is 6.00. The van der Waals surface area contributed by atoms with Gasteiger partial charge in [-0.05, 0) is 42.5 Å². The average Bonchev–Trinajstić information content (AvgIpc) is 3.54. The molecule has 3 aromatic heterocycles. The van der Waals surface area contributed by atoms with E-state index >= 15 is 0 Å². The smallest absolute Gasteiger partial charge is 0.331 e. The van der Waals surface area contributed by atoms with Crippen molar-refractivity contribution in [2.75, 3.05) is 7.11 Å². The Morgan fingerprint density at radius 3 is 2.69 bits per heavy atom. The quantitative estimate of drug-likeness (QED) is 0.252. The number of methoxy groups -OCH3 is 1. The number of hydrogen-bond acceptors (Lipinski definition) is 7. The first-order valence-electron chi connectivity index (χ1n) is 10.7. The summed E-state index contributed by atoms with van der Waals surface area (Å²) in [5, 5.41) is 6.51. The van der Waals surface area contributed by atoms with Crippen LogP contribution < -0.4 is 10.3 Å². The second-order valence-corrected chi connectivity index (χ2v) is 8.40. The molecule has 0 bridgehead atoms. The van der Waals surface area contributed by atoms with E-state index in [0.717, 1.165) is 22.6 Å². The van der Waals surface area contributed by atoms with Gasteiger partial charge >= 0.3 is 5.97 Å². The number of para-hydroxylation sites is 1. The van der Waals surface area contributed by atoms with Gasteiger partial charge in [-0.15, -0.1) is 11.3 Å². The molecule has 5 rings (SSSR count). The minimum atomic E-state index is -0.550. The van der Waals surface area contributed by atoms with Crippen LogP contribution in [-0.2, 0) is 16.1 Å². The Bertz CT molecular complexity index is 1570. The van der Waals surface area contributed by atoms with Crippen molar-refractivity contribution in [1.29, 1.82) is 0 Å². The molecule has 0 N–H and O–H groups in total. The van der Waals surface area contributed by atoms with Gasteiger partial charge in [-0.2, -0.15) is 5.10 Å². The molecule has 0 saturated heterocycles. The molecule has 3 heterocycles. The molecule has 0 saturated carbocycles. The summed E-state index contributed by atoms with van der Waals surface area (Å²) in [6.07, 6.45) is 6.52. The number of benzene rings is 2. The van der Waals surface area contributed by atoms with Gasteiger partial charge in [-0.1, -0.05) is 18.2 Å². The van der Waals surface area contributed by atoms with Crippen LogP contribution in [0.15, 0.2) is 89.3 Å². The first-order chi connectivity index (χ1) is 17.1. The van der Waals surface area contributed by atoms with E-state index in [0.29, 0.717) is 16.3 Å². The van der Waals surface area contributed by atoms with Crippen molar-refractivity contribution < 1.29 is 14.3 Å². The maximum atomic E-state index is 12.4. The van der Waals surface area contributed by atoms with Crippen LogP contribution in [-0.4, -0.2) is 32.2 Å². The highest BCUT2D eigenvalue weighted by molar-refractivity contribution is 7.15. The molecule has 0 aliphatic rings. The second kappa shape index (κ2) is 9.78. The molecule has 0 amide bonds. The lowest BCUT2D eigenvalue weighted by molar-refractivity contribution is -0.139. The zero-order valence-corrected chi connectivity index (χ0v) is 19.5. The monoisotopic (exact) mass is 484 g/mol. The number of esters is 1. The summed E-state index contributed by atoms with van der Waals surface area (Å²) in [6.45, 7) is -0.0958. The molecule has 174 valence electrons. The number of carbonyl (C=O) groups is 1. The Morgan fingerprint density at radius 1 is 1.11 bits per heavy atom. The number of ether oxygens (including phenoxy) is 2. The van der Waals surface area contributed by atoms with Gasteiger partial charge in [0.15, 0.2) is 4.96 Å². The molecule has 35 heavy (non-hydrogen) atoms. The van der Waals surface area contributed by atoms with E-state index < -0.39 is 5.97 Å². The molecule has 0 fully saturated rings. The number of thiazole rings is 1. The highest BCUT2D eigenvalue weighted by atomic mass is 32.1. The first kappa shape index (κ1) is 22.3. The Morgan fingerprint density at radius 2 is 1.91 bits per heavy atom. The molecular formula is C26H20N4O4S. The fourth-order valence-electron chi connectivity index (χ4n) is 3.51. The van der Waals surface area contributed by atoms with Crippen LogP contribution in [0.1, 0.15) is 11.3 Å². The first-order valence-corrected chi connectivity index (χ1v) is 11.6. The largest absolute Gasteiger partial charge is 0.497 e. The number of hydrogen-bond donors (Lipinski definition) is 0. The van der Waals surface area contributed by atoms with E-state index in [4.69, 9.17) is 14.6 Å². The Hall–Kier alpha value is -4.50. The topological polar surface area (TPSA) is 87.7 Å². The van der Waals surface area contributed by atoms with Crippen LogP contribution in [0, 0.1) is 0 Å². The van der Waals surface area contributed by atoms with Gasteiger partial charge < -0.3 is 9.47 Å². The van der Waals surface area contributed by atoms with E-state index in [2.05, 4.69) is 4.98 Å². The van der Waals surface area contributed by atoms with Crippen molar-refractivity contribution in [2.24, 2.45) is 0 Å². The lowest BCUT2D eigenvalue weighted by Crippen LogP contribution is -2.14. The third-order valence-electron chi connectivity index (χ3n) is 5.24. The Kier molecular flexibility index (Phi) is 6.23. The predicted octanol–water partition coefficient (Wildman–Crippen LogP) is 4.37. The summed E-state index contributed by atoms with van der Waals surface area (Å²) < 4.78 is 13.8. The predicted molar refractivity (Wildman–Crippen MR) is 134 cm³/mol. The van der Waals surface area contributed by atoms with Crippen LogP contribution in [0.3, 0.4) is 0 Å². The van der Waals surface area contributed by atoms with Crippen LogP contribution in [0.25, 0.3) is 28.0 Å². The fourth-order valence-corrected chi connectivity index (χ4v) is 4.25. The molecular weight excluding hydrogens is 464 g/mol. The maximum absolute atomic E-state index is 12.4. The highest BCUT2D eigenvalue weighted by Gasteiger charge is 2.12. The lowest BCUT2D eigenvalue weighted by Gasteiger charge is -2.03. The van der Waals surface area contributed by atoms with E-state index in [-0.39, 0.29) is 12.2 Å². The molecule has 0 radical (unpaired) electrons. The number of carbonyl (C=O) groups excluding carboxylic acids is 1. The zero-order valence-electron chi connectivity index (χ0n) is 18.7. The molecule has 8 nitrogen and oxygen atoms in total. The van der Waals surface area contributed by atoms with Crippen LogP contribution >= 0.6 is 11.3 Å². The van der Waals surface area contributed by atoms with Gasteiger partial charge in [-0.3, -0.25) is 9.20 Å². The lowest BCUT2D eigenvalue weighted by atomic mass is 10.1. The minimum absolute atomic E-state index is 0.0958. The number of rotatable bonds is 7. The maximum Gasteiger partial charge on any atom is 0.331 e. The molecule has 0 atom stereocenters. The van der Waals surface area contributed by atoms with Crippen LogP contribution in [0.5, 0.6) is 5.75 Å². The van der Waals surface area contributed by atoms with Crippen molar-refractivity contribution in [2.45, 2.75) is 6.61 Å². The van der Waals surface area contributed by atoms with E-state index in [1.54, 1.807) is 29.4 Å². The molecule has 5 aromatic rings. The summed E-state index contributed by atoms with van der Waals surface area (Å²) in [5.74, 6) is 0.192. The molecule has 0 spiro atoms. The Balaban J connectivity index is 1.38. The van der Waals surface area contributed by atoms with Gasteiger partial charge in [0.1, 0.15) is 12.4 Å². The van der Waals surface area contributed by atoms with E-state index in [1.807, 2.05) is 60.8 Å². The van der Waals surface area contributed by atoms with E-state index in [1.165, 1.54) is 27.9 Å². The SMILES string of the molecule is COc1ccc(-c2nn(-c3ccccc3)cc2C=CC(=O)OCc2cc(=O)n3ccsc3n2)cc1. The van der Waals surface area contributed by atoms with Gasteiger partial charge in [0.2, 0.25) is 0 Å². The second-order valence-electron chi connectivity index (χ2n) is 7.52. The van der Waals surface area contributed by atoms with E-state index in [9.17, 15) is 9.59 Å². The Labute approximate surface area is 204 Å². The van der Waals surface area contributed by atoms with Crippen LogP contribution in [0.4, 0.5) is 0 Å². The summed E-state index contributed by atoms with van der Waals surface area (Å²) in [6, 6.07) is 18.6. The van der Waals surface area contributed by atoms with Gasteiger partial charge in [0.05, 0.1) is 24.2 Å². The molecule has 0 aliphatic heterocycles. The van der Waals surface area contributed by atoms with Crippen molar-refractivity contribution in [3.8, 4) is 22.7 Å².